The summed E-state index contributed by atoms with van der Waals surface area (Å²) in [4.78, 5) is 22.0. The summed E-state index contributed by atoms with van der Waals surface area (Å²) in [5.74, 6) is 0.221. The lowest BCUT2D eigenvalue weighted by Crippen LogP contribution is -2.54. The quantitative estimate of drug-likeness (QED) is 0.0965. The lowest BCUT2D eigenvalue weighted by atomic mass is 9.81. The average molecular weight is 624 g/mol. The van der Waals surface area contributed by atoms with Crippen molar-refractivity contribution in [1.82, 2.24) is 5.32 Å². The molecule has 0 saturated carbocycles. The van der Waals surface area contributed by atoms with Gasteiger partial charge >= 0.3 is 0 Å². The first-order chi connectivity index (χ1) is 19.9. The monoisotopic (exact) mass is 623 g/mol. The molecule has 1 aliphatic heterocycles. The molecule has 0 radical (unpaired) electrons. The van der Waals surface area contributed by atoms with Crippen LogP contribution in [0.5, 0.6) is 5.75 Å². The molecular formula is C29H30BrN5O6. The van der Waals surface area contributed by atoms with E-state index < -0.39 is 36.8 Å². The number of nitrogens with zero attached hydrogens (tertiary/aromatic N) is 4. The van der Waals surface area contributed by atoms with Crippen molar-refractivity contribution in [3.63, 3.8) is 0 Å². The van der Waals surface area contributed by atoms with Crippen molar-refractivity contribution in [2.24, 2.45) is 10.1 Å². The topological polar surface area (TPSA) is 169 Å². The molecule has 0 bridgehead atoms. The first kappa shape index (κ1) is 30.0. The van der Waals surface area contributed by atoms with Crippen molar-refractivity contribution in [3.05, 3.63) is 104 Å². The molecule has 0 aliphatic carbocycles. The highest BCUT2D eigenvalue weighted by Gasteiger charge is 2.54. The zero-order valence-corrected chi connectivity index (χ0v) is 23.6. The number of carbonyl (C=O) groups excluding carboxylic acids is 1. The molecule has 0 spiro atoms. The van der Waals surface area contributed by atoms with Gasteiger partial charge in [-0.25, -0.2) is 4.99 Å². The van der Waals surface area contributed by atoms with Crippen LogP contribution in [0.25, 0.3) is 10.4 Å². The Hall–Kier alpha value is -3.93. The van der Waals surface area contributed by atoms with Crippen LogP contribution in [0.3, 0.4) is 0 Å². The van der Waals surface area contributed by atoms with Gasteiger partial charge in [0.1, 0.15) is 5.75 Å². The maximum atomic E-state index is 14.2. The van der Waals surface area contributed by atoms with Crippen LogP contribution in [0.15, 0.2) is 87.4 Å². The number of aliphatic hydroxyl groups is 3. The number of nitrogens with one attached hydrogen (secondary N) is 1. The lowest BCUT2D eigenvalue weighted by molar-refractivity contribution is -0.130. The number of benzene rings is 3. The molecule has 0 unspecified atom stereocenters. The zero-order chi connectivity index (χ0) is 29.2. The second-order valence-corrected chi connectivity index (χ2v) is 10.2. The van der Waals surface area contributed by atoms with Crippen LogP contribution in [0.4, 0.5) is 5.69 Å². The number of hydrogen-bond donors (Lipinski definition) is 4. The summed E-state index contributed by atoms with van der Waals surface area (Å²) in [7, 11) is 0. The average Bonchev–Trinajstić information content (AvgIpc) is 3.38. The summed E-state index contributed by atoms with van der Waals surface area (Å²) < 4.78 is 12.8. The molecule has 12 heteroatoms. The molecule has 1 heterocycles. The smallest absolute Gasteiger partial charge is 0.253 e. The summed E-state index contributed by atoms with van der Waals surface area (Å²) in [6, 6.07) is 20.3. The fourth-order valence-electron chi connectivity index (χ4n) is 4.50. The lowest BCUT2D eigenvalue weighted by Gasteiger charge is -2.32. The highest BCUT2D eigenvalue weighted by Crippen LogP contribution is 2.45. The number of aliphatic hydroxyl groups excluding tert-OH is 3. The molecule has 1 aliphatic rings. The van der Waals surface area contributed by atoms with Gasteiger partial charge in [0.05, 0.1) is 25.9 Å². The third-order valence-electron chi connectivity index (χ3n) is 6.60. The van der Waals surface area contributed by atoms with E-state index in [1.807, 2.05) is 24.3 Å². The van der Waals surface area contributed by atoms with E-state index in [1.54, 1.807) is 48.5 Å². The van der Waals surface area contributed by atoms with E-state index in [-0.39, 0.29) is 18.9 Å². The maximum Gasteiger partial charge on any atom is 0.253 e. The Morgan fingerprint density at radius 2 is 1.80 bits per heavy atom. The molecule has 2 atom stereocenters. The number of halogens is 1. The number of hydrogen-bond acceptors (Lipinski definition) is 8. The highest BCUT2D eigenvalue weighted by atomic mass is 79.9. The van der Waals surface area contributed by atoms with E-state index in [0.29, 0.717) is 45.6 Å². The molecule has 214 valence electrons. The number of aliphatic imine (C=N–C) groups is 1. The van der Waals surface area contributed by atoms with Gasteiger partial charge in [-0.2, -0.15) is 0 Å². The Morgan fingerprint density at radius 3 is 2.49 bits per heavy atom. The molecule has 11 nitrogen and oxygen atoms in total. The van der Waals surface area contributed by atoms with Crippen LogP contribution in [0, 0.1) is 0 Å². The number of carbonyl (C=O) groups is 1. The standard InChI is InChI=1S/C29H30BrN5O6/c30-24-8-3-2-7-23(24)26-29(28(39)32-21(17-37)18-38,16-20-6-1-4-9-25(20)34-35-31)33-27(41-26)19-10-12-22(13-11-19)40-15-5-14-36/h1-4,6-13,21,26,36-38H,5,14-18H2,(H,32,39)/t26-,29-/m1/s1. The number of ether oxygens (including phenoxy) is 2. The summed E-state index contributed by atoms with van der Waals surface area (Å²) in [6.07, 6.45) is -0.455. The summed E-state index contributed by atoms with van der Waals surface area (Å²) in [5.41, 5.74) is 9.66. The Kier molecular flexibility index (Phi) is 10.3. The molecule has 0 saturated heterocycles. The van der Waals surface area contributed by atoms with E-state index in [2.05, 4.69) is 31.3 Å². The SMILES string of the molecule is [N-]=[N+]=Nc1ccccc1C[C@@]1(C(=O)NC(CO)CO)N=C(c2ccc(OCCCO)cc2)O[C@@H]1c1ccccc1Br. The van der Waals surface area contributed by atoms with Crippen molar-refractivity contribution in [2.75, 3.05) is 26.4 Å². The van der Waals surface area contributed by atoms with Crippen LogP contribution in [-0.2, 0) is 16.0 Å². The molecule has 41 heavy (non-hydrogen) atoms. The maximum absolute atomic E-state index is 14.2. The molecule has 0 aromatic heterocycles. The Morgan fingerprint density at radius 1 is 1.10 bits per heavy atom. The van der Waals surface area contributed by atoms with E-state index in [4.69, 9.17) is 25.1 Å². The first-order valence-corrected chi connectivity index (χ1v) is 13.8. The largest absolute Gasteiger partial charge is 0.494 e. The van der Waals surface area contributed by atoms with Crippen LogP contribution < -0.4 is 10.1 Å². The predicted molar refractivity (Wildman–Crippen MR) is 156 cm³/mol. The van der Waals surface area contributed by atoms with Gasteiger partial charge in [-0.05, 0) is 41.4 Å². The third kappa shape index (κ3) is 6.87. The van der Waals surface area contributed by atoms with Crippen molar-refractivity contribution in [1.29, 1.82) is 0 Å². The van der Waals surface area contributed by atoms with Gasteiger partial charge in [0.25, 0.3) is 5.91 Å². The van der Waals surface area contributed by atoms with Crippen molar-refractivity contribution < 1.29 is 29.6 Å². The molecular weight excluding hydrogens is 594 g/mol. The minimum Gasteiger partial charge on any atom is -0.494 e. The van der Waals surface area contributed by atoms with Crippen molar-refractivity contribution in [3.8, 4) is 5.75 Å². The van der Waals surface area contributed by atoms with Crippen LogP contribution >= 0.6 is 15.9 Å². The molecule has 0 fully saturated rings. The first-order valence-electron chi connectivity index (χ1n) is 13.0. The Bertz CT molecular complexity index is 1430. The molecule has 3 aromatic carbocycles. The van der Waals surface area contributed by atoms with Gasteiger partial charge in [0.15, 0.2) is 11.6 Å². The second-order valence-electron chi connectivity index (χ2n) is 9.34. The fourth-order valence-corrected chi connectivity index (χ4v) is 5.00. The number of azide groups is 1. The van der Waals surface area contributed by atoms with Crippen LogP contribution in [0.2, 0.25) is 0 Å². The van der Waals surface area contributed by atoms with Crippen molar-refractivity contribution in [2.45, 2.75) is 30.5 Å². The molecule has 4 N–H and O–H groups in total. The normalized spacial score (nSPS) is 17.9. The van der Waals surface area contributed by atoms with Crippen LogP contribution in [0.1, 0.15) is 29.2 Å². The van der Waals surface area contributed by atoms with Crippen molar-refractivity contribution >= 4 is 33.4 Å². The Balaban J connectivity index is 1.86. The van der Waals surface area contributed by atoms with Crippen LogP contribution in [-0.4, -0.2) is 65.1 Å². The van der Waals surface area contributed by atoms with E-state index in [0.717, 1.165) is 0 Å². The summed E-state index contributed by atoms with van der Waals surface area (Å²) >= 11 is 3.58. The second kappa shape index (κ2) is 14.1. The van der Waals surface area contributed by atoms with Gasteiger partial charge in [0.2, 0.25) is 5.90 Å². The molecule has 3 aromatic rings. The summed E-state index contributed by atoms with van der Waals surface area (Å²) in [6.45, 7) is -0.577. The number of amides is 1. The minimum atomic E-state index is -1.63. The highest BCUT2D eigenvalue weighted by molar-refractivity contribution is 9.10. The van der Waals surface area contributed by atoms with E-state index in [9.17, 15) is 15.0 Å². The van der Waals surface area contributed by atoms with Gasteiger partial charge in [0, 0.05) is 45.6 Å². The number of rotatable bonds is 13. The fraction of sp³-hybridized carbons (Fsp3) is 0.310. The van der Waals surface area contributed by atoms with Gasteiger partial charge in [-0.3, -0.25) is 4.79 Å². The van der Waals surface area contributed by atoms with E-state index in [1.165, 1.54) is 0 Å². The summed E-state index contributed by atoms with van der Waals surface area (Å²) in [5, 5.41) is 35.0. The van der Waals surface area contributed by atoms with Gasteiger partial charge in [-0.1, -0.05) is 63.5 Å². The zero-order valence-electron chi connectivity index (χ0n) is 22.1. The molecule has 1 amide bonds. The molecule has 4 rings (SSSR count). The van der Waals surface area contributed by atoms with Gasteiger partial charge in [-0.15, -0.1) is 0 Å². The third-order valence-corrected chi connectivity index (χ3v) is 7.32. The minimum absolute atomic E-state index is 0.0184. The predicted octanol–water partition coefficient (Wildman–Crippen LogP) is 4.12. The van der Waals surface area contributed by atoms with E-state index >= 15 is 0 Å². The Labute approximate surface area is 245 Å². The van der Waals surface area contributed by atoms with Gasteiger partial charge < -0.3 is 30.1 Å².